The minimum absolute atomic E-state index is 0.140. The Kier molecular flexibility index (Phi) is 4.25. The molecule has 2 aromatic rings. The molecular formula is C13H18BrN3S. The second-order valence-electron chi connectivity index (χ2n) is 5.36. The van der Waals surface area contributed by atoms with Gasteiger partial charge in [0.15, 0.2) is 0 Å². The zero-order valence-electron chi connectivity index (χ0n) is 10.9. The second-order valence-corrected chi connectivity index (χ2v) is 7.90. The standard InChI is InChI=1S/C13H18BrN3S/c1-13(2,3)15-6-10-7-16-17(8-10)9-11-4-5-12(14)18-11/h4-5,7-8,15H,6,9H2,1-3H3. The number of hydrogen-bond acceptors (Lipinski definition) is 3. The van der Waals surface area contributed by atoms with E-state index in [2.05, 4.69) is 65.4 Å². The maximum absolute atomic E-state index is 4.39. The quantitative estimate of drug-likeness (QED) is 0.929. The third-order valence-electron chi connectivity index (χ3n) is 2.46. The maximum atomic E-state index is 4.39. The van der Waals surface area contributed by atoms with Crippen LogP contribution in [0.4, 0.5) is 0 Å². The van der Waals surface area contributed by atoms with E-state index < -0.39 is 0 Å². The van der Waals surface area contributed by atoms with Gasteiger partial charge in [-0.25, -0.2) is 0 Å². The lowest BCUT2D eigenvalue weighted by Crippen LogP contribution is -2.34. The van der Waals surface area contributed by atoms with Gasteiger partial charge in [0.25, 0.3) is 0 Å². The van der Waals surface area contributed by atoms with Crippen LogP contribution in [0.25, 0.3) is 0 Å². The first-order chi connectivity index (χ1) is 8.42. The number of halogens is 1. The number of thiophene rings is 1. The first-order valence-electron chi connectivity index (χ1n) is 5.93. The Bertz CT molecular complexity index is 510. The Morgan fingerprint density at radius 1 is 1.39 bits per heavy atom. The SMILES string of the molecule is CC(C)(C)NCc1cnn(Cc2ccc(Br)s2)c1. The van der Waals surface area contributed by atoms with Crippen molar-refractivity contribution in [1.29, 1.82) is 0 Å². The van der Waals surface area contributed by atoms with Crippen LogP contribution in [0.15, 0.2) is 28.3 Å². The van der Waals surface area contributed by atoms with Gasteiger partial charge in [0, 0.05) is 28.7 Å². The summed E-state index contributed by atoms with van der Waals surface area (Å²) in [6.45, 7) is 8.20. The zero-order valence-corrected chi connectivity index (χ0v) is 13.3. The lowest BCUT2D eigenvalue weighted by molar-refractivity contribution is 0.424. The van der Waals surface area contributed by atoms with Crippen molar-refractivity contribution in [3.63, 3.8) is 0 Å². The molecule has 3 nitrogen and oxygen atoms in total. The molecule has 98 valence electrons. The summed E-state index contributed by atoms with van der Waals surface area (Å²) in [5.41, 5.74) is 1.36. The molecule has 0 saturated carbocycles. The first kappa shape index (κ1) is 13.8. The molecule has 5 heteroatoms. The van der Waals surface area contributed by atoms with E-state index >= 15 is 0 Å². The minimum atomic E-state index is 0.140. The molecule has 0 fully saturated rings. The number of nitrogens with one attached hydrogen (secondary N) is 1. The number of rotatable bonds is 4. The van der Waals surface area contributed by atoms with Crippen LogP contribution in [0.5, 0.6) is 0 Å². The van der Waals surface area contributed by atoms with Crippen molar-refractivity contribution in [3.8, 4) is 0 Å². The van der Waals surface area contributed by atoms with Crippen LogP contribution in [0.1, 0.15) is 31.2 Å². The van der Waals surface area contributed by atoms with Gasteiger partial charge < -0.3 is 5.32 Å². The Morgan fingerprint density at radius 3 is 2.78 bits per heavy atom. The van der Waals surface area contributed by atoms with Crippen molar-refractivity contribution in [2.75, 3.05) is 0 Å². The monoisotopic (exact) mass is 327 g/mol. The Balaban J connectivity index is 1.94. The molecule has 0 saturated heterocycles. The zero-order chi connectivity index (χ0) is 13.2. The molecule has 2 aromatic heterocycles. The third kappa shape index (κ3) is 4.23. The lowest BCUT2D eigenvalue weighted by Gasteiger charge is -2.19. The van der Waals surface area contributed by atoms with Gasteiger partial charge in [0.1, 0.15) is 0 Å². The minimum Gasteiger partial charge on any atom is -0.308 e. The largest absolute Gasteiger partial charge is 0.308 e. The molecule has 1 N–H and O–H groups in total. The normalized spacial score (nSPS) is 12.0. The van der Waals surface area contributed by atoms with Crippen LogP contribution in [-0.4, -0.2) is 15.3 Å². The smallest absolute Gasteiger partial charge is 0.0752 e. The summed E-state index contributed by atoms with van der Waals surface area (Å²) in [6.07, 6.45) is 4.04. The molecular weight excluding hydrogens is 310 g/mol. The van der Waals surface area contributed by atoms with Crippen molar-refractivity contribution in [3.05, 3.63) is 38.8 Å². The van der Waals surface area contributed by atoms with Crippen molar-refractivity contribution in [2.24, 2.45) is 0 Å². The fraction of sp³-hybridized carbons (Fsp3) is 0.462. The maximum Gasteiger partial charge on any atom is 0.0752 e. The molecule has 0 radical (unpaired) electrons. The van der Waals surface area contributed by atoms with E-state index in [4.69, 9.17) is 0 Å². The highest BCUT2D eigenvalue weighted by Gasteiger charge is 2.09. The molecule has 18 heavy (non-hydrogen) atoms. The van der Waals surface area contributed by atoms with Gasteiger partial charge in [-0.2, -0.15) is 5.10 Å². The van der Waals surface area contributed by atoms with E-state index in [0.717, 1.165) is 13.1 Å². The highest BCUT2D eigenvalue weighted by molar-refractivity contribution is 9.11. The van der Waals surface area contributed by atoms with E-state index in [1.165, 1.54) is 14.2 Å². The van der Waals surface area contributed by atoms with Crippen LogP contribution in [0.3, 0.4) is 0 Å². The summed E-state index contributed by atoms with van der Waals surface area (Å²) < 4.78 is 3.15. The first-order valence-corrected chi connectivity index (χ1v) is 7.54. The predicted molar refractivity (Wildman–Crippen MR) is 79.9 cm³/mol. The average molecular weight is 328 g/mol. The summed E-state index contributed by atoms with van der Waals surface area (Å²) in [5, 5.41) is 7.85. The second kappa shape index (κ2) is 5.55. The molecule has 0 aliphatic rings. The molecule has 0 spiro atoms. The number of aromatic nitrogens is 2. The molecule has 0 amide bonds. The summed E-state index contributed by atoms with van der Waals surface area (Å²) in [5.74, 6) is 0. The Labute approximate surface area is 120 Å². The van der Waals surface area contributed by atoms with Crippen molar-refractivity contribution >= 4 is 27.3 Å². The summed E-state index contributed by atoms with van der Waals surface area (Å²) >= 11 is 5.23. The van der Waals surface area contributed by atoms with Gasteiger partial charge in [-0.1, -0.05) is 0 Å². The number of hydrogen-bond donors (Lipinski definition) is 1. The van der Waals surface area contributed by atoms with Gasteiger partial charge in [0.05, 0.1) is 16.5 Å². The van der Waals surface area contributed by atoms with E-state index in [-0.39, 0.29) is 5.54 Å². The van der Waals surface area contributed by atoms with Crippen LogP contribution >= 0.6 is 27.3 Å². The van der Waals surface area contributed by atoms with Gasteiger partial charge in [0.2, 0.25) is 0 Å². The Hall–Kier alpha value is -0.650. The topological polar surface area (TPSA) is 29.9 Å². The van der Waals surface area contributed by atoms with Crippen LogP contribution in [0.2, 0.25) is 0 Å². The van der Waals surface area contributed by atoms with Gasteiger partial charge >= 0.3 is 0 Å². The average Bonchev–Trinajstić information content (AvgIpc) is 2.85. The summed E-state index contributed by atoms with van der Waals surface area (Å²) in [7, 11) is 0. The van der Waals surface area contributed by atoms with Crippen molar-refractivity contribution < 1.29 is 0 Å². The van der Waals surface area contributed by atoms with Gasteiger partial charge in [-0.15, -0.1) is 11.3 Å². The lowest BCUT2D eigenvalue weighted by atomic mass is 10.1. The van der Waals surface area contributed by atoms with Crippen LogP contribution in [-0.2, 0) is 13.1 Å². The number of nitrogens with zero attached hydrogens (tertiary/aromatic N) is 2. The van der Waals surface area contributed by atoms with Crippen LogP contribution in [0, 0.1) is 0 Å². The molecule has 0 bridgehead atoms. The van der Waals surface area contributed by atoms with E-state index in [1.54, 1.807) is 11.3 Å². The van der Waals surface area contributed by atoms with Crippen molar-refractivity contribution in [1.82, 2.24) is 15.1 Å². The van der Waals surface area contributed by atoms with Crippen LogP contribution < -0.4 is 5.32 Å². The fourth-order valence-corrected chi connectivity index (χ4v) is 3.02. The van der Waals surface area contributed by atoms with E-state index in [0.29, 0.717) is 0 Å². The summed E-state index contributed by atoms with van der Waals surface area (Å²) in [6, 6.07) is 4.20. The highest BCUT2D eigenvalue weighted by atomic mass is 79.9. The molecule has 2 heterocycles. The van der Waals surface area contributed by atoms with Gasteiger partial charge in [-0.3, -0.25) is 4.68 Å². The third-order valence-corrected chi connectivity index (χ3v) is 4.06. The molecule has 0 unspecified atom stereocenters. The Morgan fingerprint density at radius 2 is 2.17 bits per heavy atom. The highest BCUT2D eigenvalue weighted by Crippen LogP contribution is 2.22. The van der Waals surface area contributed by atoms with E-state index in [9.17, 15) is 0 Å². The molecule has 0 aliphatic carbocycles. The molecule has 2 rings (SSSR count). The van der Waals surface area contributed by atoms with Gasteiger partial charge in [-0.05, 0) is 48.8 Å². The predicted octanol–water partition coefficient (Wildman–Crippen LogP) is 3.64. The molecule has 0 atom stereocenters. The molecule has 0 aromatic carbocycles. The van der Waals surface area contributed by atoms with Crippen molar-refractivity contribution in [2.45, 2.75) is 39.4 Å². The summed E-state index contributed by atoms with van der Waals surface area (Å²) in [4.78, 5) is 1.31. The fourth-order valence-electron chi connectivity index (χ4n) is 1.55. The van der Waals surface area contributed by atoms with E-state index in [1.807, 2.05) is 10.9 Å². The molecule has 0 aliphatic heterocycles.